The number of nitrogens with zero attached hydrogens (tertiary/aromatic N) is 2. The van der Waals surface area contributed by atoms with Crippen LogP contribution >= 0.6 is 11.3 Å². The number of methoxy groups -OCH3 is 1. The zero-order chi connectivity index (χ0) is 22.3. The molecular formula is C24H20N4O3S. The Morgan fingerprint density at radius 3 is 2.53 bits per heavy atom. The van der Waals surface area contributed by atoms with Crippen LogP contribution in [0.5, 0.6) is 17.4 Å². The first-order valence-corrected chi connectivity index (χ1v) is 10.6. The molecular weight excluding hydrogens is 424 g/mol. The Balaban J connectivity index is 1.65. The van der Waals surface area contributed by atoms with Gasteiger partial charge in [-0.15, -0.1) is 11.3 Å². The molecule has 2 aromatic heterocycles. The highest BCUT2D eigenvalue weighted by molar-refractivity contribution is 7.13. The van der Waals surface area contributed by atoms with E-state index in [4.69, 9.17) is 9.47 Å². The molecule has 2 heterocycles. The van der Waals surface area contributed by atoms with Crippen molar-refractivity contribution in [2.45, 2.75) is 0 Å². The van der Waals surface area contributed by atoms with Crippen LogP contribution in [0.2, 0.25) is 0 Å². The van der Waals surface area contributed by atoms with E-state index in [9.17, 15) is 4.79 Å². The van der Waals surface area contributed by atoms with Crippen molar-refractivity contribution in [2.24, 2.45) is 0 Å². The maximum absolute atomic E-state index is 11.6. The molecule has 0 spiro atoms. The first-order valence-electron chi connectivity index (χ1n) is 9.68. The minimum absolute atomic E-state index is 0.297. The number of carbonyl (C=O) groups is 1. The highest BCUT2D eigenvalue weighted by Gasteiger charge is 2.11. The fourth-order valence-electron chi connectivity index (χ4n) is 2.86. The summed E-state index contributed by atoms with van der Waals surface area (Å²) in [6, 6.07) is 20.3. The largest absolute Gasteiger partial charge is 0.497 e. The lowest BCUT2D eigenvalue weighted by atomic mass is 10.3. The molecule has 32 heavy (non-hydrogen) atoms. The summed E-state index contributed by atoms with van der Waals surface area (Å²) in [7, 11) is 1.62. The summed E-state index contributed by atoms with van der Waals surface area (Å²) < 4.78 is 11.3. The molecule has 0 bridgehead atoms. The Morgan fingerprint density at radius 2 is 1.78 bits per heavy atom. The number of ether oxygens (including phenoxy) is 2. The van der Waals surface area contributed by atoms with Crippen LogP contribution in [-0.2, 0) is 4.79 Å². The van der Waals surface area contributed by atoms with Gasteiger partial charge in [-0.05, 0) is 41.8 Å². The SMILES string of the molecule is C=CC(=O)Nc1cccc(Oc2cc(-c3cccs3)nc(Nc3cccc(OC)c3)n2)c1. The average molecular weight is 445 g/mol. The van der Waals surface area contributed by atoms with Gasteiger partial charge in [-0.1, -0.05) is 24.8 Å². The van der Waals surface area contributed by atoms with Gasteiger partial charge in [-0.25, -0.2) is 4.98 Å². The number of aromatic nitrogens is 2. The van der Waals surface area contributed by atoms with Gasteiger partial charge in [0.15, 0.2) is 0 Å². The fraction of sp³-hybridized carbons (Fsp3) is 0.0417. The maximum atomic E-state index is 11.6. The van der Waals surface area contributed by atoms with Crippen molar-refractivity contribution >= 4 is 34.6 Å². The molecule has 0 saturated heterocycles. The molecule has 2 N–H and O–H groups in total. The number of benzene rings is 2. The normalized spacial score (nSPS) is 10.3. The Hall–Kier alpha value is -4.17. The van der Waals surface area contributed by atoms with Gasteiger partial charge in [0, 0.05) is 29.6 Å². The molecule has 4 aromatic rings. The Labute approximate surface area is 189 Å². The minimum Gasteiger partial charge on any atom is -0.497 e. The van der Waals surface area contributed by atoms with Crippen LogP contribution in [0.25, 0.3) is 10.6 Å². The second kappa shape index (κ2) is 9.76. The van der Waals surface area contributed by atoms with E-state index >= 15 is 0 Å². The summed E-state index contributed by atoms with van der Waals surface area (Å²) in [6.45, 7) is 3.46. The lowest BCUT2D eigenvalue weighted by molar-refractivity contribution is -0.111. The monoisotopic (exact) mass is 444 g/mol. The number of hydrogen-bond acceptors (Lipinski definition) is 7. The van der Waals surface area contributed by atoms with Gasteiger partial charge in [0.1, 0.15) is 11.5 Å². The predicted octanol–water partition coefficient (Wildman–Crippen LogP) is 5.87. The summed E-state index contributed by atoms with van der Waals surface area (Å²) in [4.78, 5) is 21.7. The predicted molar refractivity (Wildman–Crippen MR) is 127 cm³/mol. The zero-order valence-corrected chi connectivity index (χ0v) is 18.1. The highest BCUT2D eigenvalue weighted by atomic mass is 32.1. The van der Waals surface area contributed by atoms with Crippen LogP contribution in [-0.4, -0.2) is 23.0 Å². The number of rotatable bonds is 8. The molecule has 0 unspecified atom stereocenters. The fourth-order valence-corrected chi connectivity index (χ4v) is 3.55. The quantitative estimate of drug-likeness (QED) is 0.330. The van der Waals surface area contributed by atoms with Crippen molar-refractivity contribution in [3.63, 3.8) is 0 Å². The van der Waals surface area contributed by atoms with Crippen molar-refractivity contribution in [3.8, 4) is 28.0 Å². The maximum Gasteiger partial charge on any atom is 0.247 e. The molecule has 8 heteroatoms. The molecule has 2 aromatic carbocycles. The van der Waals surface area contributed by atoms with E-state index in [1.807, 2.05) is 41.8 Å². The smallest absolute Gasteiger partial charge is 0.247 e. The van der Waals surface area contributed by atoms with Gasteiger partial charge in [-0.2, -0.15) is 4.98 Å². The third-order valence-electron chi connectivity index (χ3n) is 4.31. The summed E-state index contributed by atoms with van der Waals surface area (Å²) in [5.41, 5.74) is 2.11. The number of amides is 1. The molecule has 1 amide bonds. The van der Waals surface area contributed by atoms with Crippen LogP contribution in [0.1, 0.15) is 0 Å². The second-order valence-corrected chi connectivity index (χ2v) is 7.52. The molecule has 160 valence electrons. The molecule has 0 radical (unpaired) electrons. The van der Waals surface area contributed by atoms with E-state index in [-0.39, 0.29) is 5.91 Å². The Kier molecular flexibility index (Phi) is 6.43. The summed E-state index contributed by atoms with van der Waals surface area (Å²) in [6.07, 6.45) is 1.21. The van der Waals surface area contributed by atoms with Crippen molar-refractivity contribution in [1.82, 2.24) is 9.97 Å². The van der Waals surface area contributed by atoms with Crippen LogP contribution in [0.4, 0.5) is 17.3 Å². The van der Waals surface area contributed by atoms with Gasteiger partial charge in [0.2, 0.25) is 17.7 Å². The number of thiophene rings is 1. The highest BCUT2D eigenvalue weighted by Crippen LogP contribution is 2.30. The van der Waals surface area contributed by atoms with E-state index in [0.717, 1.165) is 22.0 Å². The summed E-state index contributed by atoms with van der Waals surface area (Å²) >= 11 is 1.57. The van der Waals surface area contributed by atoms with E-state index in [1.165, 1.54) is 6.08 Å². The summed E-state index contributed by atoms with van der Waals surface area (Å²) in [5, 5.41) is 7.91. The zero-order valence-electron chi connectivity index (χ0n) is 17.2. The van der Waals surface area contributed by atoms with Crippen LogP contribution in [0, 0.1) is 0 Å². The molecule has 0 aliphatic carbocycles. The van der Waals surface area contributed by atoms with E-state index < -0.39 is 0 Å². The van der Waals surface area contributed by atoms with Gasteiger partial charge in [0.25, 0.3) is 0 Å². The first kappa shape index (κ1) is 21.1. The van der Waals surface area contributed by atoms with E-state index in [0.29, 0.717) is 23.3 Å². The topological polar surface area (TPSA) is 85.4 Å². The van der Waals surface area contributed by atoms with Crippen LogP contribution in [0.15, 0.2) is 84.8 Å². The van der Waals surface area contributed by atoms with Crippen molar-refractivity contribution in [1.29, 1.82) is 0 Å². The first-order chi connectivity index (χ1) is 15.6. The van der Waals surface area contributed by atoms with Gasteiger partial charge in [0.05, 0.1) is 17.7 Å². The molecule has 0 fully saturated rings. The van der Waals surface area contributed by atoms with Gasteiger partial charge < -0.3 is 20.1 Å². The van der Waals surface area contributed by atoms with E-state index in [2.05, 4.69) is 27.2 Å². The van der Waals surface area contributed by atoms with Gasteiger partial charge >= 0.3 is 0 Å². The Bertz CT molecular complexity index is 1240. The third-order valence-corrected chi connectivity index (χ3v) is 5.20. The molecule has 0 aliphatic rings. The van der Waals surface area contributed by atoms with E-state index in [1.54, 1.807) is 48.8 Å². The van der Waals surface area contributed by atoms with Crippen LogP contribution < -0.4 is 20.1 Å². The molecule has 0 aliphatic heterocycles. The van der Waals surface area contributed by atoms with Crippen molar-refractivity contribution < 1.29 is 14.3 Å². The minimum atomic E-state index is -0.297. The third kappa shape index (κ3) is 5.30. The average Bonchev–Trinajstić information content (AvgIpc) is 3.34. The molecule has 0 saturated carbocycles. The Morgan fingerprint density at radius 1 is 1.00 bits per heavy atom. The van der Waals surface area contributed by atoms with Crippen molar-refractivity contribution in [3.05, 3.63) is 84.8 Å². The number of carbonyl (C=O) groups excluding carboxylic acids is 1. The second-order valence-electron chi connectivity index (χ2n) is 6.57. The number of nitrogens with one attached hydrogen (secondary N) is 2. The van der Waals surface area contributed by atoms with Gasteiger partial charge in [-0.3, -0.25) is 4.79 Å². The standard InChI is InChI=1S/C24H20N4O3S/c1-3-22(29)25-16-7-5-10-19(14-16)31-23-15-20(21-11-6-12-32-21)27-24(28-23)26-17-8-4-9-18(13-17)30-2/h3-15H,1H2,2H3,(H,25,29)(H,26,27,28). The number of anilines is 3. The van der Waals surface area contributed by atoms with Crippen LogP contribution in [0.3, 0.4) is 0 Å². The number of hydrogen-bond donors (Lipinski definition) is 2. The molecule has 0 atom stereocenters. The summed E-state index contributed by atoms with van der Waals surface area (Å²) in [5.74, 6) is 1.69. The lowest BCUT2D eigenvalue weighted by Crippen LogP contribution is -2.07. The molecule has 4 rings (SSSR count). The lowest BCUT2D eigenvalue weighted by Gasteiger charge is -2.11. The van der Waals surface area contributed by atoms with Crippen molar-refractivity contribution in [2.75, 3.05) is 17.7 Å². The molecule has 7 nitrogen and oxygen atoms in total.